The fourth-order valence-electron chi connectivity index (χ4n) is 5.41. The molecule has 0 bridgehead atoms. The van der Waals surface area contributed by atoms with E-state index < -0.39 is 11.9 Å². The van der Waals surface area contributed by atoms with E-state index in [2.05, 4.69) is 16.0 Å². The number of aryl methyl sites for hydroxylation is 2. The van der Waals surface area contributed by atoms with Gasteiger partial charge in [-0.15, -0.1) is 0 Å². The number of rotatable bonds is 4. The number of benzene rings is 3. The number of fused-ring (bicyclic) bond motifs is 3. The second kappa shape index (κ2) is 10.3. The van der Waals surface area contributed by atoms with Gasteiger partial charge in [0.25, 0.3) is 5.91 Å². The number of amides is 2. The number of anilines is 2. The maximum atomic E-state index is 14.4. The van der Waals surface area contributed by atoms with Gasteiger partial charge in [0, 0.05) is 36.2 Å². The van der Waals surface area contributed by atoms with Gasteiger partial charge in [-0.05, 0) is 78.4 Å². The van der Waals surface area contributed by atoms with Crippen molar-refractivity contribution in [3.05, 3.63) is 118 Å². The fourth-order valence-corrected chi connectivity index (χ4v) is 5.41. The highest BCUT2D eigenvalue weighted by Crippen LogP contribution is 2.31. The summed E-state index contributed by atoms with van der Waals surface area (Å²) in [4.78, 5) is 33.6. The van der Waals surface area contributed by atoms with E-state index in [9.17, 15) is 14.0 Å². The number of halogens is 1. The average molecular weight is 525 g/mol. The summed E-state index contributed by atoms with van der Waals surface area (Å²) in [7, 11) is 0. The van der Waals surface area contributed by atoms with Crippen LogP contribution in [0.3, 0.4) is 0 Å². The molecule has 0 atom stereocenters. The molecule has 1 N–H and O–H groups in total. The maximum absolute atomic E-state index is 14.4. The Morgan fingerprint density at radius 3 is 2.69 bits per heavy atom. The first-order valence-electron chi connectivity index (χ1n) is 13.1. The Hall–Kier alpha value is -4.59. The molecule has 198 valence electrons. The van der Waals surface area contributed by atoms with Crippen molar-refractivity contribution < 1.29 is 18.8 Å². The Balaban J connectivity index is 1.15. The van der Waals surface area contributed by atoms with E-state index in [1.807, 2.05) is 66.6 Å². The molecule has 2 amide bonds. The van der Waals surface area contributed by atoms with E-state index in [1.165, 1.54) is 11.1 Å². The van der Waals surface area contributed by atoms with Crippen LogP contribution in [0.25, 0.3) is 0 Å². The van der Waals surface area contributed by atoms with Crippen molar-refractivity contribution in [3.8, 4) is 0 Å². The van der Waals surface area contributed by atoms with Gasteiger partial charge < -0.3 is 19.6 Å². The Bertz CT molecular complexity index is 1560. The summed E-state index contributed by atoms with van der Waals surface area (Å²) in [6, 6.07) is 22.4. The SMILES string of the molecule is Cc1cc(C(=O)N2Cc3cccn3Cc3ccccc32)ccc1CNC(=O)ON1CCCc2cccc(F)c21. The lowest BCUT2D eigenvalue weighted by Crippen LogP contribution is -2.37. The highest BCUT2D eigenvalue weighted by molar-refractivity contribution is 6.06. The van der Waals surface area contributed by atoms with Gasteiger partial charge in [0.1, 0.15) is 11.5 Å². The van der Waals surface area contributed by atoms with Crippen LogP contribution in [0.15, 0.2) is 79.0 Å². The lowest BCUT2D eigenvalue weighted by molar-refractivity contribution is 0.0984. The van der Waals surface area contributed by atoms with Crippen LogP contribution in [-0.4, -0.2) is 23.1 Å². The smallest absolute Gasteiger partial charge is 0.345 e. The van der Waals surface area contributed by atoms with Crippen LogP contribution < -0.4 is 15.3 Å². The molecule has 4 aromatic rings. The Kier molecular flexibility index (Phi) is 6.52. The van der Waals surface area contributed by atoms with Crippen molar-refractivity contribution in [1.29, 1.82) is 0 Å². The van der Waals surface area contributed by atoms with Gasteiger partial charge in [0.15, 0.2) is 0 Å². The molecule has 0 aliphatic carbocycles. The fraction of sp³-hybridized carbons (Fsp3) is 0.226. The number of nitrogens with zero attached hydrogens (tertiary/aromatic N) is 3. The molecule has 0 saturated heterocycles. The molecule has 0 radical (unpaired) electrons. The molecule has 0 fully saturated rings. The third-order valence-electron chi connectivity index (χ3n) is 7.44. The van der Waals surface area contributed by atoms with Crippen LogP contribution in [0.2, 0.25) is 0 Å². The number of aromatic nitrogens is 1. The normalized spacial score (nSPS) is 14.1. The van der Waals surface area contributed by atoms with Crippen LogP contribution in [0.1, 0.15) is 44.7 Å². The summed E-state index contributed by atoms with van der Waals surface area (Å²) >= 11 is 0. The van der Waals surface area contributed by atoms with E-state index >= 15 is 0 Å². The molecule has 8 heteroatoms. The lowest BCUT2D eigenvalue weighted by atomic mass is 10.0. The number of hydroxylamine groups is 1. The maximum Gasteiger partial charge on any atom is 0.431 e. The zero-order valence-corrected chi connectivity index (χ0v) is 21.7. The van der Waals surface area contributed by atoms with Crippen molar-refractivity contribution in [1.82, 2.24) is 9.88 Å². The largest absolute Gasteiger partial charge is 0.431 e. The second-order valence-electron chi connectivity index (χ2n) is 9.97. The Morgan fingerprint density at radius 1 is 0.974 bits per heavy atom. The molecule has 3 aromatic carbocycles. The first-order valence-corrected chi connectivity index (χ1v) is 13.1. The number of para-hydroxylation sites is 2. The molecule has 2 aliphatic rings. The lowest BCUT2D eigenvalue weighted by Gasteiger charge is -2.29. The minimum Gasteiger partial charge on any atom is -0.345 e. The van der Waals surface area contributed by atoms with E-state index in [-0.39, 0.29) is 12.5 Å². The van der Waals surface area contributed by atoms with Crippen molar-refractivity contribution >= 4 is 23.4 Å². The minimum atomic E-state index is -0.658. The first-order chi connectivity index (χ1) is 19.0. The van der Waals surface area contributed by atoms with Crippen LogP contribution >= 0.6 is 0 Å². The Morgan fingerprint density at radius 2 is 1.82 bits per heavy atom. The molecular weight excluding hydrogens is 495 g/mol. The standard InChI is InChI=1S/C31H29FN4O3/c1-21-17-23(30(37)35-20-26-10-6-15-34(26)19-25-7-2-3-12-28(25)35)13-14-24(21)18-33-31(38)39-36-16-5-9-22-8-4-11-27(32)29(22)36/h2-4,6-8,10-15,17H,5,9,16,18-20H2,1H3,(H,33,38). The summed E-state index contributed by atoms with van der Waals surface area (Å²) in [5.74, 6) is -0.485. The molecule has 0 unspecified atom stereocenters. The predicted molar refractivity (Wildman–Crippen MR) is 147 cm³/mol. The van der Waals surface area contributed by atoms with Crippen molar-refractivity contribution in [3.63, 3.8) is 0 Å². The molecular formula is C31H29FN4O3. The predicted octanol–water partition coefficient (Wildman–Crippen LogP) is 5.74. The van der Waals surface area contributed by atoms with E-state index in [0.717, 1.165) is 53.0 Å². The van der Waals surface area contributed by atoms with Gasteiger partial charge >= 0.3 is 6.09 Å². The van der Waals surface area contributed by atoms with Crippen LogP contribution in [0.5, 0.6) is 0 Å². The van der Waals surface area contributed by atoms with Crippen molar-refractivity contribution in [2.45, 2.75) is 39.4 Å². The van der Waals surface area contributed by atoms with Gasteiger partial charge in [-0.3, -0.25) is 4.79 Å². The summed E-state index contributed by atoms with van der Waals surface area (Å²) in [6.45, 7) is 3.77. The van der Waals surface area contributed by atoms with Gasteiger partial charge in [-0.1, -0.05) is 36.4 Å². The molecule has 39 heavy (non-hydrogen) atoms. The van der Waals surface area contributed by atoms with Gasteiger partial charge in [-0.25, -0.2) is 14.2 Å². The monoisotopic (exact) mass is 524 g/mol. The average Bonchev–Trinajstić information content (AvgIpc) is 3.31. The Labute approximate surface area is 226 Å². The van der Waals surface area contributed by atoms with Crippen LogP contribution in [0.4, 0.5) is 20.6 Å². The number of carbonyl (C=O) groups excluding carboxylic acids is 2. The molecule has 2 aliphatic heterocycles. The summed E-state index contributed by atoms with van der Waals surface area (Å²) < 4.78 is 16.6. The molecule has 3 heterocycles. The van der Waals surface area contributed by atoms with Crippen LogP contribution in [-0.2, 0) is 30.9 Å². The minimum absolute atomic E-state index is 0.0788. The zero-order chi connectivity index (χ0) is 26.9. The van der Waals surface area contributed by atoms with Crippen molar-refractivity contribution in [2.24, 2.45) is 0 Å². The van der Waals surface area contributed by atoms with Gasteiger partial charge in [0.05, 0.1) is 13.1 Å². The summed E-state index contributed by atoms with van der Waals surface area (Å²) in [6.07, 6.45) is 2.90. The molecule has 6 rings (SSSR count). The van der Waals surface area contributed by atoms with E-state index in [1.54, 1.807) is 12.1 Å². The molecule has 0 saturated carbocycles. The third kappa shape index (κ3) is 4.85. The summed E-state index contributed by atoms with van der Waals surface area (Å²) in [5.41, 5.74) is 6.54. The number of hydrogen-bond donors (Lipinski definition) is 1. The topological polar surface area (TPSA) is 66.8 Å². The van der Waals surface area contributed by atoms with E-state index in [0.29, 0.717) is 24.3 Å². The third-order valence-corrected chi connectivity index (χ3v) is 7.44. The quantitative estimate of drug-likeness (QED) is 0.370. The highest BCUT2D eigenvalue weighted by atomic mass is 19.1. The van der Waals surface area contributed by atoms with Crippen molar-refractivity contribution in [2.75, 3.05) is 16.5 Å². The van der Waals surface area contributed by atoms with E-state index in [4.69, 9.17) is 4.84 Å². The zero-order valence-electron chi connectivity index (χ0n) is 21.7. The van der Waals surface area contributed by atoms with Gasteiger partial charge in [-0.2, -0.15) is 0 Å². The number of carbonyl (C=O) groups is 2. The molecule has 7 nitrogen and oxygen atoms in total. The molecule has 0 spiro atoms. The first kappa shape index (κ1) is 24.7. The molecule has 1 aromatic heterocycles. The number of hydrogen-bond acceptors (Lipinski definition) is 4. The number of nitrogens with one attached hydrogen (secondary N) is 1. The van der Waals surface area contributed by atoms with Gasteiger partial charge in [0.2, 0.25) is 0 Å². The van der Waals surface area contributed by atoms with Crippen LogP contribution in [0, 0.1) is 12.7 Å². The second-order valence-corrected chi connectivity index (χ2v) is 9.97. The highest BCUT2D eigenvalue weighted by Gasteiger charge is 2.26. The summed E-state index contributed by atoms with van der Waals surface area (Å²) in [5, 5.41) is 4.08.